The average Bonchev–Trinajstić information content (AvgIpc) is 2.92. The normalized spacial score (nSPS) is 34.0. The Hall–Kier alpha value is -1.84. The van der Waals surface area contributed by atoms with Crippen molar-refractivity contribution in [2.24, 2.45) is 5.92 Å². The number of nitrogens with zero attached hydrogens (tertiary/aromatic N) is 1. The number of aromatic hydroxyl groups is 1. The predicted molar refractivity (Wildman–Crippen MR) is 112 cm³/mol. The number of phenolic OH excluding ortho intramolecular Hbond substituents is 1. The molecule has 0 radical (unpaired) electrons. The second-order valence-electron chi connectivity index (χ2n) is 8.79. The summed E-state index contributed by atoms with van der Waals surface area (Å²) in [5.41, 5.74) is 2.84. The number of nitrogens with one attached hydrogen (secondary N) is 1. The lowest BCUT2D eigenvalue weighted by Gasteiger charge is -2.53. The van der Waals surface area contributed by atoms with Crippen LogP contribution < -0.4 is 5.32 Å². The fraction of sp³-hybridized carbons (Fsp3) is 0.500. The van der Waals surface area contributed by atoms with E-state index in [2.05, 4.69) is 60.5 Å². The molecule has 1 aromatic carbocycles. The molecule has 1 aliphatic carbocycles. The standard InChI is InChI=1S/C24H32N2O/c1-18-16-26-17-21(12-19-8-5-3-4-6-9-19)25-15-22(26)14-24(18,2)20-10-7-11-23(27)13-20/h3-5,7-11,13,18,21-22,25,27H,6,12,14-17H2,1-2H3/t18?,21?,22?,24-/m1/s1. The molecule has 3 aliphatic rings. The first-order valence-electron chi connectivity index (χ1n) is 10.3. The van der Waals surface area contributed by atoms with Gasteiger partial charge in [0.2, 0.25) is 0 Å². The third kappa shape index (κ3) is 3.90. The lowest BCUT2D eigenvalue weighted by atomic mass is 9.65. The number of benzene rings is 1. The van der Waals surface area contributed by atoms with Crippen molar-refractivity contribution in [1.29, 1.82) is 0 Å². The van der Waals surface area contributed by atoms with Gasteiger partial charge in [-0.05, 0) is 48.3 Å². The van der Waals surface area contributed by atoms with Gasteiger partial charge in [-0.2, -0.15) is 0 Å². The van der Waals surface area contributed by atoms with Crippen molar-refractivity contribution in [2.45, 2.75) is 50.6 Å². The van der Waals surface area contributed by atoms with Gasteiger partial charge in [0.1, 0.15) is 5.75 Å². The van der Waals surface area contributed by atoms with Gasteiger partial charge in [-0.15, -0.1) is 0 Å². The zero-order valence-corrected chi connectivity index (χ0v) is 16.6. The van der Waals surface area contributed by atoms with E-state index >= 15 is 0 Å². The minimum Gasteiger partial charge on any atom is -0.508 e. The van der Waals surface area contributed by atoms with Crippen LogP contribution in [0.3, 0.4) is 0 Å². The molecule has 0 aromatic heterocycles. The molecule has 0 bridgehead atoms. The molecular weight excluding hydrogens is 332 g/mol. The molecule has 1 aromatic rings. The molecule has 0 spiro atoms. The molecule has 3 heteroatoms. The van der Waals surface area contributed by atoms with Gasteiger partial charge < -0.3 is 10.4 Å². The van der Waals surface area contributed by atoms with Gasteiger partial charge in [-0.1, -0.05) is 61.9 Å². The number of fused-ring (bicyclic) bond motifs is 1. The van der Waals surface area contributed by atoms with Crippen LogP contribution in [-0.2, 0) is 5.41 Å². The van der Waals surface area contributed by atoms with E-state index in [4.69, 9.17) is 0 Å². The number of piperidine rings is 1. The van der Waals surface area contributed by atoms with Crippen LogP contribution in [0.1, 0.15) is 38.7 Å². The Morgan fingerprint density at radius 1 is 1.26 bits per heavy atom. The van der Waals surface area contributed by atoms with Crippen LogP contribution in [0.2, 0.25) is 0 Å². The summed E-state index contributed by atoms with van der Waals surface area (Å²) >= 11 is 0. The highest BCUT2D eigenvalue weighted by atomic mass is 16.3. The van der Waals surface area contributed by atoms with Gasteiger partial charge in [-0.25, -0.2) is 0 Å². The number of hydrogen-bond acceptors (Lipinski definition) is 3. The smallest absolute Gasteiger partial charge is 0.115 e. The average molecular weight is 365 g/mol. The molecule has 0 amide bonds. The van der Waals surface area contributed by atoms with Crippen LogP contribution in [-0.4, -0.2) is 41.7 Å². The Morgan fingerprint density at radius 3 is 3.00 bits per heavy atom. The van der Waals surface area contributed by atoms with E-state index in [-0.39, 0.29) is 5.41 Å². The van der Waals surface area contributed by atoms with Gasteiger partial charge in [-0.3, -0.25) is 4.90 Å². The summed E-state index contributed by atoms with van der Waals surface area (Å²) in [5, 5.41) is 13.8. The van der Waals surface area contributed by atoms with Crippen molar-refractivity contribution >= 4 is 0 Å². The second kappa shape index (κ2) is 7.65. The molecule has 3 unspecified atom stereocenters. The van der Waals surface area contributed by atoms with Gasteiger partial charge >= 0.3 is 0 Å². The molecule has 4 rings (SSSR count). The Balaban J connectivity index is 1.43. The number of allylic oxidation sites excluding steroid dienone is 5. The monoisotopic (exact) mass is 364 g/mol. The van der Waals surface area contributed by atoms with E-state index < -0.39 is 0 Å². The Kier molecular flexibility index (Phi) is 5.25. The summed E-state index contributed by atoms with van der Waals surface area (Å²) < 4.78 is 0. The Bertz CT molecular complexity index is 765. The topological polar surface area (TPSA) is 35.5 Å². The van der Waals surface area contributed by atoms with E-state index in [0.29, 0.717) is 23.8 Å². The van der Waals surface area contributed by atoms with Gasteiger partial charge in [0.25, 0.3) is 0 Å². The van der Waals surface area contributed by atoms with Crippen LogP contribution >= 0.6 is 0 Å². The lowest BCUT2D eigenvalue weighted by molar-refractivity contribution is 0.0246. The molecule has 144 valence electrons. The molecule has 0 saturated carbocycles. The predicted octanol–water partition coefficient (Wildman–Crippen LogP) is 4.16. The molecule has 2 saturated heterocycles. The minimum atomic E-state index is 0.118. The minimum absolute atomic E-state index is 0.118. The van der Waals surface area contributed by atoms with E-state index in [1.165, 1.54) is 11.1 Å². The largest absolute Gasteiger partial charge is 0.508 e. The van der Waals surface area contributed by atoms with Crippen LogP contribution in [0.5, 0.6) is 5.75 Å². The van der Waals surface area contributed by atoms with Crippen LogP contribution in [0.25, 0.3) is 0 Å². The Labute approximate surface area is 163 Å². The summed E-state index contributed by atoms with van der Waals surface area (Å²) in [6.07, 6.45) is 14.4. The van der Waals surface area contributed by atoms with Crippen molar-refractivity contribution in [1.82, 2.24) is 10.2 Å². The highest BCUT2D eigenvalue weighted by Crippen LogP contribution is 2.43. The van der Waals surface area contributed by atoms with Crippen LogP contribution in [0.4, 0.5) is 0 Å². The first-order chi connectivity index (χ1) is 13.0. The highest BCUT2D eigenvalue weighted by molar-refractivity contribution is 5.34. The molecule has 2 fully saturated rings. The Morgan fingerprint density at radius 2 is 2.15 bits per heavy atom. The van der Waals surface area contributed by atoms with Gasteiger partial charge in [0.15, 0.2) is 0 Å². The first kappa shape index (κ1) is 18.5. The first-order valence-corrected chi connectivity index (χ1v) is 10.3. The number of phenols is 1. The van der Waals surface area contributed by atoms with Crippen molar-refractivity contribution in [3.63, 3.8) is 0 Å². The zero-order valence-electron chi connectivity index (χ0n) is 16.6. The van der Waals surface area contributed by atoms with Crippen molar-refractivity contribution in [3.8, 4) is 5.75 Å². The summed E-state index contributed by atoms with van der Waals surface area (Å²) in [6, 6.07) is 9.00. The quantitative estimate of drug-likeness (QED) is 0.845. The molecule has 2 heterocycles. The molecule has 27 heavy (non-hydrogen) atoms. The molecule has 3 nitrogen and oxygen atoms in total. The van der Waals surface area contributed by atoms with E-state index in [1.807, 2.05) is 12.1 Å². The van der Waals surface area contributed by atoms with E-state index in [0.717, 1.165) is 38.9 Å². The highest BCUT2D eigenvalue weighted by Gasteiger charge is 2.44. The third-order valence-electron chi connectivity index (χ3n) is 6.93. The summed E-state index contributed by atoms with van der Waals surface area (Å²) in [4.78, 5) is 2.70. The SMILES string of the molecule is CC1CN2CC(CC3=CCC=CC=C3)NCC2C[C@@]1(C)c1cccc(O)c1. The van der Waals surface area contributed by atoms with Crippen LogP contribution in [0, 0.1) is 5.92 Å². The van der Waals surface area contributed by atoms with E-state index in [1.54, 1.807) is 6.07 Å². The molecular formula is C24H32N2O. The number of hydrogen-bond donors (Lipinski definition) is 2. The van der Waals surface area contributed by atoms with Crippen molar-refractivity contribution in [3.05, 3.63) is 65.8 Å². The van der Waals surface area contributed by atoms with Gasteiger partial charge in [0, 0.05) is 31.7 Å². The maximum Gasteiger partial charge on any atom is 0.115 e. The summed E-state index contributed by atoms with van der Waals surface area (Å²) in [7, 11) is 0. The number of rotatable bonds is 3. The fourth-order valence-corrected chi connectivity index (χ4v) is 5.06. The summed E-state index contributed by atoms with van der Waals surface area (Å²) in [5.74, 6) is 0.944. The van der Waals surface area contributed by atoms with Gasteiger partial charge in [0.05, 0.1) is 0 Å². The van der Waals surface area contributed by atoms with Crippen molar-refractivity contribution in [2.75, 3.05) is 19.6 Å². The maximum atomic E-state index is 9.95. The molecule has 4 atom stereocenters. The molecule has 2 aliphatic heterocycles. The third-order valence-corrected chi connectivity index (χ3v) is 6.93. The molecule has 2 N–H and O–H groups in total. The zero-order chi connectivity index (χ0) is 18.9. The fourth-order valence-electron chi connectivity index (χ4n) is 5.06. The van der Waals surface area contributed by atoms with Crippen LogP contribution in [0.15, 0.2) is 60.2 Å². The lowest BCUT2D eigenvalue weighted by Crippen LogP contribution is -2.63. The number of piperazine rings is 1. The van der Waals surface area contributed by atoms with E-state index in [9.17, 15) is 5.11 Å². The summed E-state index contributed by atoms with van der Waals surface area (Å²) in [6.45, 7) is 8.07. The second-order valence-corrected chi connectivity index (χ2v) is 8.79. The maximum absolute atomic E-state index is 9.95. The van der Waals surface area contributed by atoms with Crippen molar-refractivity contribution < 1.29 is 5.11 Å².